The fraction of sp³-hybridized carbons (Fsp3) is 0.308. The summed E-state index contributed by atoms with van der Waals surface area (Å²) in [5.74, 6) is -0.725. The van der Waals surface area contributed by atoms with Crippen LogP contribution >= 0.6 is 15.9 Å². The van der Waals surface area contributed by atoms with E-state index in [2.05, 4.69) is 40.2 Å². The lowest BCUT2D eigenvalue weighted by molar-refractivity contribution is -0.137. The molecule has 1 aliphatic rings. The first kappa shape index (κ1) is 11.4. The Kier molecular flexibility index (Phi) is 3.44. The van der Waals surface area contributed by atoms with Crippen molar-refractivity contribution in [2.75, 3.05) is 0 Å². The largest absolute Gasteiger partial charge is 0.481 e. The summed E-state index contributed by atoms with van der Waals surface area (Å²) >= 11 is 3.60. The molecule has 1 aromatic rings. The van der Waals surface area contributed by atoms with E-state index >= 15 is 0 Å². The first-order valence-electron chi connectivity index (χ1n) is 5.37. The second-order valence-corrected chi connectivity index (χ2v) is 4.76. The van der Waals surface area contributed by atoms with Crippen LogP contribution in [0.5, 0.6) is 0 Å². The summed E-state index contributed by atoms with van der Waals surface area (Å²) in [5, 5.41) is 8.59. The maximum atomic E-state index is 10.4. The van der Waals surface area contributed by atoms with Crippen LogP contribution in [-0.4, -0.2) is 11.1 Å². The molecule has 0 heterocycles. The van der Waals surface area contributed by atoms with E-state index in [4.69, 9.17) is 5.11 Å². The lowest BCUT2D eigenvalue weighted by Gasteiger charge is -2.08. The third-order valence-electron chi connectivity index (χ3n) is 2.81. The first-order chi connectivity index (χ1) is 7.68. The van der Waals surface area contributed by atoms with Gasteiger partial charge in [-0.25, -0.2) is 0 Å². The Labute approximate surface area is 103 Å². The van der Waals surface area contributed by atoms with Crippen molar-refractivity contribution in [2.24, 2.45) is 0 Å². The molecular weight excluding hydrogens is 268 g/mol. The van der Waals surface area contributed by atoms with Gasteiger partial charge in [0, 0.05) is 10.9 Å². The van der Waals surface area contributed by atoms with Gasteiger partial charge in [0.15, 0.2) is 0 Å². The number of hydrogen-bond acceptors (Lipinski definition) is 1. The van der Waals surface area contributed by atoms with E-state index in [1.807, 2.05) is 0 Å². The summed E-state index contributed by atoms with van der Waals surface area (Å²) in [5.41, 5.74) is 3.80. The molecule has 0 aliphatic heterocycles. The van der Waals surface area contributed by atoms with E-state index in [1.54, 1.807) is 0 Å². The molecule has 0 bridgehead atoms. The molecule has 16 heavy (non-hydrogen) atoms. The Morgan fingerprint density at radius 2 is 2.25 bits per heavy atom. The number of allylic oxidation sites excluding steroid dienone is 1. The van der Waals surface area contributed by atoms with Crippen LogP contribution in [0.4, 0.5) is 0 Å². The van der Waals surface area contributed by atoms with Crippen molar-refractivity contribution in [1.82, 2.24) is 0 Å². The molecule has 0 unspecified atom stereocenters. The maximum absolute atomic E-state index is 10.4. The van der Waals surface area contributed by atoms with Gasteiger partial charge in [0.05, 0.1) is 0 Å². The van der Waals surface area contributed by atoms with Gasteiger partial charge in [-0.15, -0.1) is 0 Å². The van der Waals surface area contributed by atoms with Crippen LogP contribution in [0.3, 0.4) is 0 Å². The lowest BCUT2D eigenvalue weighted by Crippen LogP contribution is -1.97. The van der Waals surface area contributed by atoms with Crippen molar-refractivity contribution in [3.63, 3.8) is 0 Å². The minimum atomic E-state index is -0.725. The van der Waals surface area contributed by atoms with Gasteiger partial charge in [0.25, 0.3) is 0 Å². The summed E-state index contributed by atoms with van der Waals surface area (Å²) < 4.78 is 1.13. The number of carboxylic acids is 1. The van der Waals surface area contributed by atoms with E-state index in [0.29, 0.717) is 6.42 Å². The summed E-state index contributed by atoms with van der Waals surface area (Å²) in [6, 6.07) is 4.23. The van der Waals surface area contributed by atoms with E-state index in [-0.39, 0.29) is 6.42 Å². The van der Waals surface area contributed by atoms with Gasteiger partial charge in [0.2, 0.25) is 0 Å². The van der Waals surface area contributed by atoms with Gasteiger partial charge >= 0.3 is 5.97 Å². The molecule has 0 fully saturated rings. The van der Waals surface area contributed by atoms with Gasteiger partial charge in [-0.2, -0.15) is 0 Å². The quantitative estimate of drug-likeness (QED) is 0.918. The molecule has 2 nitrogen and oxygen atoms in total. The SMILES string of the molecule is O=C(O)CCCc1ccc2c(c1Br)C=CC2. The molecule has 0 aromatic heterocycles. The fourth-order valence-electron chi connectivity index (χ4n) is 1.96. The molecule has 0 amide bonds. The van der Waals surface area contributed by atoms with E-state index in [9.17, 15) is 4.79 Å². The number of carbonyl (C=O) groups is 1. The highest BCUT2D eigenvalue weighted by Crippen LogP contribution is 2.31. The normalized spacial score (nSPS) is 12.8. The summed E-state index contributed by atoms with van der Waals surface area (Å²) in [6.45, 7) is 0. The number of carboxylic acid groups (broad SMARTS) is 1. The number of halogens is 1. The van der Waals surface area contributed by atoms with Crippen LogP contribution in [0, 0.1) is 0 Å². The van der Waals surface area contributed by atoms with Crippen molar-refractivity contribution in [3.8, 4) is 0 Å². The summed E-state index contributed by atoms with van der Waals surface area (Å²) in [6.07, 6.45) is 7.02. The van der Waals surface area contributed by atoms with Crippen LogP contribution in [0.1, 0.15) is 29.5 Å². The molecule has 1 aromatic carbocycles. The predicted molar refractivity (Wildman–Crippen MR) is 67.5 cm³/mol. The van der Waals surface area contributed by atoms with Crippen molar-refractivity contribution in [3.05, 3.63) is 39.4 Å². The minimum Gasteiger partial charge on any atom is -0.481 e. The number of hydrogen-bond donors (Lipinski definition) is 1. The number of aliphatic carboxylic acids is 1. The van der Waals surface area contributed by atoms with Crippen LogP contribution in [0.2, 0.25) is 0 Å². The van der Waals surface area contributed by atoms with Crippen LogP contribution in [-0.2, 0) is 17.6 Å². The van der Waals surface area contributed by atoms with Gasteiger partial charge < -0.3 is 5.11 Å². The predicted octanol–water partition coefficient (Wildman–Crippen LogP) is 3.43. The van der Waals surface area contributed by atoms with Gasteiger partial charge in [-0.05, 0) is 51.9 Å². The second-order valence-electron chi connectivity index (χ2n) is 3.97. The molecule has 0 saturated carbocycles. The van der Waals surface area contributed by atoms with Gasteiger partial charge in [-0.1, -0.05) is 24.3 Å². The minimum absolute atomic E-state index is 0.235. The molecule has 84 valence electrons. The van der Waals surface area contributed by atoms with Crippen LogP contribution < -0.4 is 0 Å². The average Bonchev–Trinajstić information content (AvgIpc) is 2.69. The molecule has 0 spiro atoms. The molecule has 0 saturated heterocycles. The molecule has 1 N–H and O–H groups in total. The third-order valence-corrected chi connectivity index (χ3v) is 3.75. The Morgan fingerprint density at radius 1 is 1.44 bits per heavy atom. The standard InChI is InChI=1S/C13H13BrO2/c14-13-10(4-2-6-12(15)16)8-7-9-3-1-5-11(9)13/h1,5,7-8H,2-4,6H2,(H,15,16). The average molecular weight is 281 g/mol. The molecule has 0 atom stereocenters. The fourth-order valence-corrected chi connectivity index (χ4v) is 2.68. The third kappa shape index (κ3) is 2.35. The van der Waals surface area contributed by atoms with Gasteiger partial charge in [-0.3, -0.25) is 4.79 Å². The molecule has 2 rings (SSSR count). The number of benzene rings is 1. The van der Waals surface area contributed by atoms with Gasteiger partial charge in [0.1, 0.15) is 0 Å². The molecule has 3 heteroatoms. The van der Waals surface area contributed by atoms with Crippen molar-refractivity contribution in [2.45, 2.75) is 25.7 Å². The zero-order valence-corrected chi connectivity index (χ0v) is 10.5. The van der Waals surface area contributed by atoms with Crippen LogP contribution in [0.25, 0.3) is 6.08 Å². The van der Waals surface area contributed by atoms with Crippen molar-refractivity contribution >= 4 is 28.0 Å². The zero-order valence-electron chi connectivity index (χ0n) is 8.87. The second kappa shape index (κ2) is 4.83. The lowest BCUT2D eigenvalue weighted by atomic mass is 10.0. The van der Waals surface area contributed by atoms with Crippen molar-refractivity contribution < 1.29 is 9.90 Å². The maximum Gasteiger partial charge on any atom is 0.303 e. The molecular formula is C13H13BrO2. The Balaban J connectivity index is 2.10. The smallest absolute Gasteiger partial charge is 0.303 e. The van der Waals surface area contributed by atoms with E-state index < -0.39 is 5.97 Å². The molecule has 0 radical (unpaired) electrons. The topological polar surface area (TPSA) is 37.3 Å². The summed E-state index contributed by atoms with van der Waals surface area (Å²) in [4.78, 5) is 10.4. The first-order valence-corrected chi connectivity index (χ1v) is 6.16. The highest BCUT2D eigenvalue weighted by Gasteiger charge is 2.12. The van der Waals surface area contributed by atoms with Crippen LogP contribution in [0.15, 0.2) is 22.7 Å². The number of rotatable bonds is 4. The Morgan fingerprint density at radius 3 is 3.00 bits per heavy atom. The van der Waals surface area contributed by atoms with E-state index in [0.717, 1.165) is 17.3 Å². The Bertz CT molecular complexity index is 449. The number of aryl methyl sites for hydroxylation is 1. The molecule has 1 aliphatic carbocycles. The summed E-state index contributed by atoms with van der Waals surface area (Å²) in [7, 11) is 0. The Hall–Kier alpha value is -1.09. The zero-order chi connectivity index (χ0) is 11.5. The highest BCUT2D eigenvalue weighted by molar-refractivity contribution is 9.10. The van der Waals surface area contributed by atoms with E-state index in [1.165, 1.54) is 16.7 Å². The highest BCUT2D eigenvalue weighted by atomic mass is 79.9. The monoisotopic (exact) mass is 280 g/mol. The van der Waals surface area contributed by atoms with Crippen molar-refractivity contribution in [1.29, 1.82) is 0 Å². The number of fused-ring (bicyclic) bond motifs is 1.